The third-order valence-electron chi connectivity index (χ3n) is 17.8. The summed E-state index contributed by atoms with van der Waals surface area (Å²) in [6, 6.07) is 40.4. The second-order valence-electron chi connectivity index (χ2n) is 23.5. The molecule has 0 aliphatic rings. The minimum atomic E-state index is -0.664. The predicted molar refractivity (Wildman–Crippen MR) is 423 cm³/mol. The molecule has 4 heterocycles. The van der Waals surface area contributed by atoms with Crippen molar-refractivity contribution in [2.45, 2.75) is 0 Å². The van der Waals surface area contributed by atoms with Gasteiger partial charge < -0.3 is 18.3 Å². The number of fused-ring (bicyclic) bond motifs is 12. The van der Waals surface area contributed by atoms with Gasteiger partial charge in [-0.05, 0) is 188 Å². The van der Waals surface area contributed by atoms with E-state index >= 15 is 0 Å². The Labute approximate surface area is 624 Å². The molecule has 0 spiro atoms. The fraction of sp³-hybridized carbons (Fsp3) is 0. The Morgan fingerprint density at radius 3 is 0.970 bits per heavy atom. The smallest absolute Gasteiger partial charge is 0.0651 e. The molecule has 20 aromatic rings. The summed E-state index contributed by atoms with van der Waals surface area (Å²) < 4.78 is 291. The van der Waals surface area contributed by atoms with Gasteiger partial charge in [0, 0.05) is 65.8 Å². The summed E-state index contributed by atoms with van der Waals surface area (Å²) in [7, 11) is 0. The van der Waals surface area contributed by atoms with E-state index in [1.165, 1.54) is 9.13 Å². The van der Waals surface area contributed by atoms with Crippen molar-refractivity contribution < 1.29 is 43.9 Å². The number of aromatic nitrogens is 4. The highest BCUT2D eigenvalue weighted by molar-refractivity contribution is 6.15. The van der Waals surface area contributed by atoms with Crippen LogP contribution in [0.25, 0.3) is 177 Å². The molecule has 4 nitrogen and oxygen atoms in total. The molecule has 0 N–H and O–H groups in total. The van der Waals surface area contributed by atoms with Gasteiger partial charge >= 0.3 is 0 Å². The van der Waals surface area contributed by atoms with Gasteiger partial charge in [-0.3, -0.25) is 0 Å². The lowest BCUT2D eigenvalue weighted by Gasteiger charge is -2.11. The zero-order chi connectivity index (χ0) is 93.9. The average molecular weight is 1310 g/mol. The van der Waals surface area contributed by atoms with Crippen LogP contribution in [0.15, 0.2) is 387 Å². The van der Waals surface area contributed by atoms with Gasteiger partial charge in [0.05, 0.1) is 88.0 Å². The van der Waals surface area contributed by atoms with Gasteiger partial charge in [-0.25, -0.2) is 0 Å². The topological polar surface area (TPSA) is 19.7 Å². The van der Waals surface area contributed by atoms with Gasteiger partial charge in [-0.15, -0.1) is 0 Å². The van der Waals surface area contributed by atoms with Crippen molar-refractivity contribution in [3.63, 3.8) is 0 Å². The Bertz CT molecular complexity index is 8000. The first-order valence-electron chi connectivity index (χ1n) is 47.8. The molecule has 20 rings (SSSR count). The quantitative estimate of drug-likeness (QED) is 0.130. The van der Waals surface area contributed by atoms with Crippen molar-refractivity contribution in [3.8, 4) is 89.5 Å². The monoisotopic (exact) mass is 1300 g/mol. The molecule has 0 aliphatic carbocycles. The SMILES string of the molecule is [2H]c1c([2H])c([2H])c(-c2c([2H])c([2H])c([2H])c(-n3c4ccccc4c4cc(-c5ccc6c(c5)c5ccccc5n6-c5c([2H])c([2H])c([2H])c(-c6c([2H])c([2H])c([2H])c([2H])c6[2H])c5[2H])ccc43)c2[2H])c([2H])c1[2H].[2H]c1c([2H])c([2H])c2c(c1[2H])c1c([2H])c(-c3c([2H])c([2H])c4c(c3[2H])c3c([2H])c([2H])c([2H])c([2H])c3n4-c3cccc(-c4ccccc4)c3)c([2H])c([2H])c1n2-c1cccc(-c2ccccc2)c1. The number of benzene rings is 16. The Balaban J connectivity index is 0.000000171. The van der Waals surface area contributed by atoms with E-state index in [0.717, 1.165) is 33.4 Å². The van der Waals surface area contributed by atoms with Crippen LogP contribution in [0.3, 0.4) is 0 Å². The van der Waals surface area contributed by atoms with Crippen molar-refractivity contribution in [3.05, 3.63) is 387 Å². The van der Waals surface area contributed by atoms with Crippen molar-refractivity contribution in [2.75, 3.05) is 0 Å². The summed E-state index contributed by atoms with van der Waals surface area (Å²) in [6.07, 6.45) is 0. The van der Waals surface area contributed by atoms with Crippen LogP contribution in [-0.2, 0) is 0 Å². The summed E-state index contributed by atoms with van der Waals surface area (Å²) in [5.41, 5.74) is 4.70. The van der Waals surface area contributed by atoms with Crippen molar-refractivity contribution >= 4 is 87.2 Å². The number of nitrogens with zero attached hydrogens (tertiary/aromatic N) is 4. The summed E-state index contributed by atoms with van der Waals surface area (Å²) in [6.45, 7) is 0. The maximum atomic E-state index is 9.83. The molecule has 0 fully saturated rings. The van der Waals surface area contributed by atoms with E-state index in [1.54, 1.807) is 81.9 Å². The standard InChI is InChI=1S/2C48H32N2/c2*1-3-13-33(14-4-1)35-17-11-19-39(29-35)49-45-23-9-7-21-41(45)43-31-37(25-27-47(43)49)38-26-28-48-44(32-38)42-22-8-10-24-46(42)50(48)40-20-12-18-36(30-40)34-15-5-2-6-16-34/h2*1-32H/i1D,2D,3D,4D,5D,6D,11D,12D,13D,14D,15D,16D,17D,18D,19D,20D,29D,30D;7D,8D,9D,10D,21D,22D,23D,24D,25D,26D,27D,28D,31D,32D. The van der Waals surface area contributed by atoms with Crippen LogP contribution in [0.5, 0.6) is 0 Å². The minimum absolute atomic E-state index is 0.0459. The normalized spacial score (nSPS) is 16.1. The Morgan fingerprint density at radius 1 is 0.160 bits per heavy atom. The molecular formula is C96H64N4. The number of hydrogen-bond acceptors (Lipinski definition) is 0. The molecule has 0 saturated heterocycles. The average Bonchev–Trinajstić information content (AvgIpc) is 1.52. The molecule has 0 amide bonds. The van der Waals surface area contributed by atoms with Crippen LogP contribution in [0.1, 0.15) is 43.9 Å². The molecular weight excluding hydrogens is 1210 g/mol. The van der Waals surface area contributed by atoms with Gasteiger partial charge in [0.25, 0.3) is 0 Å². The third-order valence-corrected chi connectivity index (χ3v) is 17.8. The summed E-state index contributed by atoms with van der Waals surface area (Å²) in [5, 5.41) is 2.29. The van der Waals surface area contributed by atoms with Gasteiger partial charge in [-0.2, -0.15) is 0 Å². The minimum Gasteiger partial charge on any atom is -0.309 e. The molecule has 4 aromatic heterocycles. The van der Waals surface area contributed by atoms with E-state index in [4.69, 9.17) is 32.9 Å². The maximum absolute atomic E-state index is 9.83. The number of rotatable bonds is 10. The zero-order valence-electron chi connectivity index (χ0n) is 84.3. The Kier molecular flexibility index (Phi) is 8.33. The van der Waals surface area contributed by atoms with Gasteiger partial charge in [0.2, 0.25) is 0 Å². The van der Waals surface area contributed by atoms with Crippen LogP contribution < -0.4 is 0 Å². The molecule has 0 bridgehead atoms. The van der Waals surface area contributed by atoms with Crippen molar-refractivity contribution in [1.29, 1.82) is 0 Å². The van der Waals surface area contributed by atoms with Crippen LogP contribution >= 0.6 is 0 Å². The Hall–Kier alpha value is -13.3. The largest absolute Gasteiger partial charge is 0.309 e. The molecule has 0 aliphatic heterocycles. The van der Waals surface area contributed by atoms with Gasteiger partial charge in [0.15, 0.2) is 0 Å². The molecule has 100 heavy (non-hydrogen) atoms. The highest BCUT2D eigenvalue weighted by atomic mass is 15.0. The highest BCUT2D eigenvalue weighted by Crippen LogP contribution is 2.43. The molecule has 0 radical (unpaired) electrons. The van der Waals surface area contributed by atoms with E-state index in [-0.39, 0.29) is 66.1 Å². The van der Waals surface area contributed by atoms with Crippen LogP contribution in [-0.4, -0.2) is 18.3 Å². The summed E-state index contributed by atoms with van der Waals surface area (Å²) in [4.78, 5) is 0. The molecule has 4 heteroatoms. The van der Waals surface area contributed by atoms with Crippen LogP contribution in [0.2, 0.25) is 0 Å². The molecule has 16 aromatic carbocycles. The molecule has 0 atom stereocenters. The lowest BCUT2D eigenvalue weighted by atomic mass is 10.0. The van der Waals surface area contributed by atoms with E-state index in [0.29, 0.717) is 55.0 Å². The Morgan fingerprint density at radius 2 is 0.510 bits per heavy atom. The number of para-hydroxylation sites is 4. The molecule has 0 unspecified atom stereocenters. The second-order valence-corrected chi connectivity index (χ2v) is 23.5. The molecule has 0 saturated carbocycles. The van der Waals surface area contributed by atoms with Crippen LogP contribution in [0.4, 0.5) is 0 Å². The van der Waals surface area contributed by atoms with E-state index < -0.39 is 216 Å². The van der Waals surface area contributed by atoms with Crippen LogP contribution in [0, 0.1) is 0 Å². The lowest BCUT2D eigenvalue weighted by molar-refractivity contribution is 1.18. The lowest BCUT2D eigenvalue weighted by Crippen LogP contribution is -1.94. The molecule has 468 valence electrons. The highest BCUT2D eigenvalue weighted by Gasteiger charge is 2.20. The van der Waals surface area contributed by atoms with Gasteiger partial charge in [0.1, 0.15) is 0 Å². The van der Waals surface area contributed by atoms with Crippen molar-refractivity contribution in [2.24, 2.45) is 0 Å². The zero-order valence-corrected chi connectivity index (χ0v) is 52.3. The number of hydrogen-bond donors (Lipinski definition) is 0. The maximum Gasteiger partial charge on any atom is 0.0651 e. The van der Waals surface area contributed by atoms with Crippen molar-refractivity contribution in [1.82, 2.24) is 18.3 Å². The second kappa shape index (κ2) is 24.4. The fourth-order valence-corrected chi connectivity index (χ4v) is 13.4. The van der Waals surface area contributed by atoms with E-state index in [1.807, 2.05) is 121 Å². The summed E-state index contributed by atoms with van der Waals surface area (Å²) >= 11 is 0. The first kappa shape index (κ1) is 34.1. The van der Waals surface area contributed by atoms with Gasteiger partial charge in [-0.1, -0.05) is 266 Å². The first-order chi connectivity index (χ1) is 62.9. The fourth-order valence-electron chi connectivity index (χ4n) is 13.4. The summed E-state index contributed by atoms with van der Waals surface area (Å²) in [5.74, 6) is 0. The predicted octanol–water partition coefficient (Wildman–Crippen LogP) is 25.8. The third kappa shape index (κ3) is 10.1. The van der Waals surface area contributed by atoms with E-state index in [9.17, 15) is 11.0 Å². The van der Waals surface area contributed by atoms with E-state index in [2.05, 4.69) is 0 Å². The first-order valence-corrected chi connectivity index (χ1v) is 31.8.